The molecule has 0 aliphatic carbocycles. The van der Waals surface area contributed by atoms with Gasteiger partial charge in [0, 0.05) is 0 Å². The normalized spacial score (nSPS) is 24.4. The topological polar surface area (TPSA) is 50.4 Å². The summed E-state index contributed by atoms with van der Waals surface area (Å²) in [6.07, 6.45) is 1.50. The molecule has 0 aromatic rings. The molecular formula is C5H7ClN2O2. The molecular weight excluding hydrogens is 156 g/mol. The fraction of sp³-hybridized carbons (Fsp3) is 0.400. The Morgan fingerprint density at radius 1 is 1.80 bits per heavy atom. The van der Waals surface area contributed by atoms with Gasteiger partial charge in [0.1, 0.15) is 5.76 Å². The Balaban J connectivity index is 2.71. The third-order valence-electron chi connectivity index (χ3n) is 1.13. The quantitative estimate of drug-likeness (QED) is 0.522. The highest BCUT2D eigenvalue weighted by Gasteiger charge is 2.23. The second-order valence-electron chi connectivity index (χ2n) is 1.75. The maximum Gasteiger partial charge on any atom is 0.264 e. The lowest BCUT2D eigenvalue weighted by atomic mass is 10.3. The van der Waals surface area contributed by atoms with Crippen LogP contribution in [0.1, 0.15) is 0 Å². The number of hydrogen-bond donors (Lipinski definition) is 2. The summed E-state index contributed by atoms with van der Waals surface area (Å²) in [7, 11) is 1.46. The molecule has 1 atom stereocenters. The van der Waals surface area contributed by atoms with Gasteiger partial charge in [-0.1, -0.05) is 0 Å². The first-order valence-electron chi connectivity index (χ1n) is 2.69. The predicted octanol–water partition coefficient (Wildman–Crippen LogP) is -0.284. The highest BCUT2D eigenvalue weighted by Crippen LogP contribution is 2.11. The van der Waals surface area contributed by atoms with Crippen LogP contribution in [0.25, 0.3) is 0 Å². The zero-order chi connectivity index (χ0) is 7.56. The fourth-order valence-electron chi connectivity index (χ4n) is 0.606. The van der Waals surface area contributed by atoms with Gasteiger partial charge in [-0.3, -0.25) is 10.2 Å². The van der Waals surface area contributed by atoms with Gasteiger partial charge < -0.3 is 10.2 Å². The molecule has 1 aliphatic heterocycles. The van der Waals surface area contributed by atoms with Crippen LogP contribution in [0.15, 0.2) is 12.0 Å². The van der Waals surface area contributed by atoms with Crippen molar-refractivity contribution in [1.29, 1.82) is 0 Å². The maximum absolute atomic E-state index is 10.7. The number of alkyl halides is 1. The molecule has 0 spiro atoms. The fourth-order valence-corrected chi connectivity index (χ4v) is 0.813. The first-order valence-corrected chi connectivity index (χ1v) is 3.13. The SMILES string of the molecule is COC1=CNNC(=O)[C@H]1Cl. The first kappa shape index (κ1) is 7.21. The van der Waals surface area contributed by atoms with E-state index in [0.29, 0.717) is 5.76 Å². The average Bonchev–Trinajstić information content (AvgIpc) is 1.95. The Morgan fingerprint density at radius 2 is 2.50 bits per heavy atom. The molecule has 10 heavy (non-hydrogen) atoms. The molecule has 1 heterocycles. The van der Waals surface area contributed by atoms with Crippen molar-refractivity contribution in [2.75, 3.05) is 7.11 Å². The predicted molar refractivity (Wildman–Crippen MR) is 36.0 cm³/mol. The van der Waals surface area contributed by atoms with Gasteiger partial charge in [0.15, 0.2) is 5.38 Å². The van der Waals surface area contributed by atoms with Crippen molar-refractivity contribution >= 4 is 17.5 Å². The van der Waals surface area contributed by atoms with Crippen molar-refractivity contribution < 1.29 is 9.53 Å². The van der Waals surface area contributed by atoms with Crippen molar-refractivity contribution in [2.24, 2.45) is 0 Å². The highest BCUT2D eigenvalue weighted by molar-refractivity contribution is 6.32. The van der Waals surface area contributed by atoms with E-state index in [-0.39, 0.29) is 5.91 Å². The minimum atomic E-state index is -0.716. The molecule has 0 fully saturated rings. The zero-order valence-electron chi connectivity index (χ0n) is 5.35. The van der Waals surface area contributed by atoms with E-state index in [1.165, 1.54) is 13.3 Å². The van der Waals surface area contributed by atoms with Crippen molar-refractivity contribution in [3.63, 3.8) is 0 Å². The van der Waals surface area contributed by atoms with E-state index in [1.54, 1.807) is 0 Å². The van der Waals surface area contributed by atoms with E-state index in [2.05, 4.69) is 10.9 Å². The number of ether oxygens (including phenoxy) is 1. The van der Waals surface area contributed by atoms with Crippen LogP contribution >= 0.6 is 11.6 Å². The summed E-state index contributed by atoms with van der Waals surface area (Å²) in [6.45, 7) is 0. The van der Waals surface area contributed by atoms with E-state index in [9.17, 15) is 4.79 Å². The summed E-state index contributed by atoms with van der Waals surface area (Å²) < 4.78 is 4.78. The lowest BCUT2D eigenvalue weighted by Gasteiger charge is -2.18. The number of amides is 1. The molecule has 0 unspecified atom stereocenters. The van der Waals surface area contributed by atoms with Gasteiger partial charge in [-0.25, -0.2) is 0 Å². The molecule has 0 bridgehead atoms. The van der Waals surface area contributed by atoms with E-state index in [4.69, 9.17) is 16.3 Å². The van der Waals surface area contributed by atoms with Crippen LogP contribution in [-0.2, 0) is 9.53 Å². The number of halogens is 1. The molecule has 1 aliphatic rings. The molecule has 1 amide bonds. The Bertz CT molecular complexity index is 180. The molecule has 56 valence electrons. The van der Waals surface area contributed by atoms with E-state index in [1.807, 2.05) is 0 Å². The van der Waals surface area contributed by atoms with Gasteiger partial charge in [-0.05, 0) is 0 Å². The molecule has 0 aromatic heterocycles. The Labute approximate surface area is 63.2 Å². The summed E-state index contributed by atoms with van der Waals surface area (Å²) in [5.74, 6) is 0.117. The van der Waals surface area contributed by atoms with Crippen LogP contribution in [0.4, 0.5) is 0 Å². The molecule has 0 saturated carbocycles. The van der Waals surface area contributed by atoms with Crippen molar-refractivity contribution in [1.82, 2.24) is 10.9 Å². The summed E-state index contributed by atoms with van der Waals surface area (Å²) in [5.41, 5.74) is 4.81. The van der Waals surface area contributed by atoms with Crippen molar-refractivity contribution in [2.45, 2.75) is 5.38 Å². The maximum atomic E-state index is 10.7. The standard InChI is InChI=1S/C5H7ClN2O2/c1-10-3-2-7-8-5(9)4(3)6/h2,4,7H,1H3,(H,8,9)/t4-/m0/s1. The van der Waals surface area contributed by atoms with E-state index >= 15 is 0 Å². The summed E-state index contributed by atoms with van der Waals surface area (Å²) >= 11 is 5.59. The van der Waals surface area contributed by atoms with E-state index < -0.39 is 5.38 Å². The van der Waals surface area contributed by atoms with Crippen LogP contribution < -0.4 is 10.9 Å². The largest absolute Gasteiger partial charge is 0.497 e. The van der Waals surface area contributed by atoms with Crippen LogP contribution in [0.5, 0.6) is 0 Å². The summed E-state index contributed by atoms with van der Waals surface area (Å²) in [4.78, 5) is 10.7. The molecule has 0 saturated heterocycles. The molecule has 0 radical (unpaired) electrons. The second kappa shape index (κ2) is 2.79. The van der Waals surface area contributed by atoms with Crippen molar-refractivity contribution in [3.05, 3.63) is 12.0 Å². The van der Waals surface area contributed by atoms with Crippen molar-refractivity contribution in [3.8, 4) is 0 Å². The lowest BCUT2D eigenvalue weighted by Crippen LogP contribution is -2.44. The van der Waals surface area contributed by atoms with Crippen LogP contribution in [0, 0.1) is 0 Å². The van der Waals surface area contributed by atoms with Crippen LogP contribution in [-0.4, -0.2) is 18.4 Å². The van der Waals surface area contributed by atoms with Gasteiger partial charge in [-0.2, -0.15) is 0 Å². The molecule has 2 N–H and O–H groups in total. The van der Waals surface area contributed by atoms with Gasteiger partial charge in [0.2, 0.25) is 0 Å². The minimum Gasteiger partial charge on any atom is -0.497 e. The Kier molecular flexibility index (Phi) is 2.01. The zero-order valence-corrected chi connectivity index (χ0v) is 6.11. The Morgan fingerprint density at radius 3 is 3.00 bits per heavy atom. The number of hydrogen-bond acceptors (Lipinski definition) is 3. The third kappa shape index (κ3) is 1.16. The Hall–Kier alpha value is -0.900. The number of methoxy groups -OCH3 is 1. The van der Waals surface area contributed by atoms with Gasteiger partial charge in [0.05, 0.1) is 13.3 Å². The number of carbonyl (C=O) groups excluding carboxylic acids is 1. The number of hydrazine groups is 1. The van der Waals surface area contributed by atoms with Gasteiger partial charge >= 0.3 is 0 Å². The monoisotopic (exact) mass is 162 g/mol. The van der Waals surface area contributed by atoms with E-state index in [0.717, 1.165) is 0 Å². The summed E-state index contributed by atoms with van der Waals surface area (Å²) in [5, 5.41) is -0.716. The molecule has 4 nitrogen and oxygen atoms in total. The lowest BCUT2D eigenvalue weighted by molar-refractivity contribution is -0.121. The van der Waals surface area contributed by atoms with Crippen LogP contribution in [0.2, 0.25) is 0 Å². The molecule has 0 aromatic carbocycles. The molecule has 5 heteroatoms. The van der Waals surface area contributed by atoms with Gasteiger partial charge in [0.25, 0.3) is 5.91 Å². The number of rotatable bonds is 1. The number of carbonyl (C=O) groups is 1. The van der Waals surface area contributed by atoms with Crippen LogP contribution in [0.3, 0.4) is 0 Å². The number of nitrogens with one attached hydrogen (secondary N) is 2. The summed E-state index contributed by atoms with van der Waals surface area (Å²) in [6, 6.07) is 0. The highest BCUT2D eigenvalue weighted by atomic mass is 35.5. The first-order chi connectivity index (χ1) is 4.75. The molecule has 1 rings (SSSR count). The van der Waals surface area contributed by atoms with Gasteiger partial charge in [-0.15, -0.1) is 11.6 Å². The second-order valence-corrected chi connectivity index (χ2v) is 2.18. The smallest absolute Gasteiger partial charge is 0.264 e. The third-order valence-corrected chi connectivity index (χ3v) is 1.54. The average molecular weight is 163 g/mol. The minimum absolute atomic E-state index is 0.305.